The molecule has 1 aliphatic rings. The molecule has 4 heteroatoms. The Morgan fingerprint density at radius 2 is 1.95 bits per heavy atom. The molecular weight excluding hydrogens is 330 g/mol. The largest absolute Gasteiger partial charge is 0.493 e. The minimum Gasteiger partial charge on any atom is -0.493 e. The maximum atomic E-state index is 6.23. The third kappa shape index (κ3) is 4.36. The van der Waals surface area contributed by atoms with Gasteiger partial charge in [0.15, 0.2) is 11.5 Å². The molecule has 0 heterocycles. The van der Waals surface area contributed by atoms with E-state index in [9.17, 15) is 0 Å². The van der Waals surface area contributed by atoms with Crippen LogP contribution in [0.1, 0.15) is 44.6 Å². The number of hydrogen-bond donors (Lipinski definition) is 1. The maximum Gasteiger partial charge on any atom is 0.175 e. The smallest absolute Gasteiger partial charge is 0.175 e. The van der Waals surface area contributed by atoms with Gasteiger partial charge < -0.3 is 15.2 Å². The summed E-state index contributed by atoms with van der Waals surface area (Å²) in [5.74, 6) is 2.51. The quantitative estimate of drug-likeness (QED) is 0.826. The number of nitrogens with two attached hydrogens (primary N) is 1. The normalized spacial score (nSPS) is 22.1. The summed E-state index contributed by atoms with van der Waals surface area (Å²) in [6.07, 6.45) is 7.25. The summed E-state index contributed by atoms with van der Waals surface area (Å²) in [7, 11) is 1.69. The first-order chi connectivity index (χ1) is 10.2. The number of halogens is 1. The van der Waals surface area contributed by atoms with Gasteiger partial charge in [-0.1, -0.05) is 13.3 Å². The Bertz CT molecular complexity index is 456. The molecule has 0 amide bonds. The van der Waals surface area contributed by atoms with Crippen LogP contribution in [0.4, 0.5) is 0 Å². The lowest BCUT2D eigenvalue weighted by Gasteiger charge is -2.29. The molecule has 0 bridgehead atoms. The molecule has 2 rings (SSSR count). The predicted molar refractivity (Wildman–Crippen MR) is 90.1 cm³/mol. The average molecular weight is 356 g/mol. The van der Waals surface area contributed by atoms with Gasteiger partial charge in [0.1, 0.15) is 0 Å². The van der Waals surface area contributed by atoms with Gasteiger partial charge in [-0.15, -0.1) is 0 Å². The Hall–Kier alpha value is -0.740. The van der Waals surface area contributed by atoms with E-state index in [1.165, 1.54) is 24.8 Å². The Morgan fingerprint density at radius 1 is 1.24 bits per heavy atom. The predicted octanol–water partition coefficient (Wildman–Crippen LogP) is 4.31. The van der Waals surface area contributed by atoms with Crippen molar-refractivity contribution in [2.75, 3.05) is 13.7 Å². The van der Waals surface area contributed by atoms with Gasteiger partial charge in [-0.05, 0) is 78.2 Å². The number of ether oxygens (including phenoxy) is 2. The topological polar surface area (TPSA) is 44.5 Å². The first kappa shape index (κ1) is 16.6. The minimum absolute atomic E-state index is 0.304. The summed E-state index contributed by atoms with van der Waals surface area (Å²) >= 11 is 3.62. The minimum atomic E-state index is 0.304. The Morgan fingerprint density at radius 3 is 2.52 bits per heavy atom. The number of rotatable bonds is 6. The van der Waals surface area contributed by atoms with E-state index in [4.69, 9.17) is 15.2 Å². The molecule has 0 spiro atoms. The molecule has 0 aromatic heterocycles. The third-order valence-electron chi connectivity index (χ3n) is 4.38. The van der Waals surface area contributed by atoms with Crippen molar-refractivity contribution in [1.82, 2.24) is 0 Å². The van der Waals surface area contributed by atoms with E-state index in [0.717, 1.165) is 41.2 Å². The molecule has 1 saturated carbocycles. The SMILES string of the molecule is CCC1CCC(Oc2c(Br)cc(CCN)cc2OC)CC1. The number of benzene rings is 1. The summed E-state index contributed by atoms with van der Waals surface area (Å²) in [5, 5.41) is 0. The molecule has 3 nitrogen and oxygen atoms in total. The van der Waals surface area contributed by atoms with Crippen LogP contribution in [-0.2, 0) is 6.42 Å². The van der Waals surface area contributed by atoms with Crippen LogP contribution >= 0.6 is 15.9 Å². The van der Waals surface area contributed by atoms with E-state index in [2.05, 4.69) is 28.9 Å². The monoisotopic (exact) mass is 355 g/mol. The summed E-state index contributed by atoms with van der Waals surface area (Å²) < 4.78 is 12.7. The summed E-state index contributed by atoms with van der Waals surface area (Å²) in [6, 6.07) is 4.12. The molecule has 0 radical (unpaired) electrons. The zero-order valence-electron chi connectivity index (χ0n) is 13.0. The molecule has 1 fully saturated rings. The van der Waals surface area contributed by atoms with Crippen LogP contribution in [0.5, 0.6) is 11.5 Å². The second-order valence-corrected chi connectivity index (χ2v) is 6.67. The van der Waals surface area contributed by atoms with Crippen molar-refractivity contribution >= 4 is 15.9 Å². The van der Waals surface area contributed by atoms with Gasteiger partial charge in [0.05, 0.1) is 17.7 Å². The van der Waals surface area contributed by atoms with E-state index in [0.29, 0.717) is 12.6 Å². The third-order valence-corrected chi connectivity index (χ3v) is 4.97. The fourth-order valence-corrected chi connectivity index (χ4v) is 3.61. The van der Waals surface area contributed by atoms with Crippen LogP contribution in [0, 0.1) is 5.92 Å². The Labute approximate surface area is 136 Å². The van der Waals surface area contributed by atoms with Gasteiger partial charge in [0, 0.05) is 0 Å². The van der Waals surface area contributed by atoms with Gasteiger partial charge in [-0.2, -0.15) is 0 Å². The van der Waals surface area contributed by atoms with Crippen molar-refractivity contribution in [2.45, 2.75) is 51.6 Å². The van der Waals surface area contributed by atoms with Gasteiger partial charge in [0.2, 0.25) is 0 Å². The fourth-order valence-electron chi connectivity index (χ4n) is 3.02. The summed E-state index contributed by atoms with van der Waals surface area (Å²) in [4.78, 5) is 0. The van der Waals surface area contributed by atoms with E-state index >= 15 is 0 Å². The molecule has 0 atom stereocenters. The molecule has 1 aliphatic carbocycles. The second-order valence-electron chi connectivity index (χ2n) is 5.82. The zero-order valence-corrected chi connectivity index (χ0v) is 14.6. The van der Waals surface area contributed by atoms with Crippen molar-refractivity contribution in [3.05, 3.63) is 22.2 Å². The van der Waals surface area contributed by atoms with Crippen LogP contribution < -0.4 is 15.2 Å². The van der Waals surface area contributed by atoms with Crippen LogP contribution in [0.15, 0.2) is 16.6 Å². The van der Waals surface area contributed by atoms with Crippen molar-refractivity contribution in [3.8, 4) is 11.5 Å². The van der Waals surface area contributed by atoms with Gasteiger partial charge in [0.25, 0.3) is 0 Å². The first-order valence-corrected chi connectivity index (χ1v) is 8.70. The van der Waals surface area contributed by atoms with Crippen molar-refractivity contribution in [2.24, 2.45) is 11.7 Å². The number of methoxy groups -OCH3 is 1. The van der Waals surface area contributed by atoms with E-state index < -0.39 is 0 Å². The van der Waals surface area contributed by atoms with Gasteiger partial charge in [-0.3, -0.25) is 0 Å². The molecule has 0 unspecified atom stereocenters. The van der Waals surface area contributed by atoms with Crippen LogP contribution in [0.25, 0.3) is 0 Å². The highest BCUT2D eigenvalue weighted by Crippen LogP contribution is 2.39. The lowest BCUT2D eigenvalue weighted by atomic mass is 9.86. The first-order valence-electron chi connectivity index (χ1n) is 7.91. The molecule has 1 aromatic rings. The zero-order chi connectivity index (χ0) is 15.2. The lowest BCUT2D eigenvalue weighted by molar-refractivity contribution is 0.125. The molecule has 0 saturated heterocycles. The van der Waals surface area contributed by atoms with E-state index in [-0.39, 0.29) is 0 Å². The molecule has 1 aromatic carbocycles. The standard InChI is InChI=1S/C17H26BrNO2/c1-3-12-4-6-14(7-5-12)21-17-15(18)10-13(8-9-19)11-16(17)20-2/h10-12,14H,3-9,19H2,1-2H3. The van der Waals surface area contributed by atoms with E-state index in [1.54, 1.807) is 7.11 Å². The van der Waals surface area contributed by atoms with Crippen molar-refractivity contribution in [1.29, 1.82) is 0 Å². The molecule has 2 N–H and O–H groups in total. The molecule has 118 valence electrons. The molecule has 0 aliphatic heterocycles. The van der Waals surface area contributed by atoms with Crippen LogP contribution in [0.3, 0.4) is 0 Å². The Kier molecular flexibility index (Phi) is 6.37. The van der Waals surface area contributed by atoms with Gasteiger partial charge in [-0.25, -0.2) is 0 Å². The van der Waals surface area contributed by atoms with Crippen LogP contribution in [-0.4, -0.2) is 19.8 Å². The lowest BCUT2D eigenvalue weighted by Crippen LogP contribution is -2.24. The number of hydrogen-bond acceptors (Lipinski definition) is 3. The Balaban J connectivity index is 2.09. The van der Waals surface area contributed by atoms with Crippen molar-refractivity contribution in [3.63, 3.8) is 0 Å². The second kappa shape index (κ2) is 8.04. The average Bonchev–Trinajstić information content (AvgIpc) is 2.50. The molecular formula is C17H26BrNO2. The highest BCUT2D eigenvalue weighted by Gasteiger charge is 2.23. The van der Waals surface area contributed by atoms with E-state index in [1.807, 2.05) is 6.07 Å². The fraction of sp³-hybridized carbons (Fsp3) is 0.647. The highest BCUT2D eigenvalue weighted by molar-refractivity contribution is 9.10. The highest BCUT2D eigenvalue weighted by atomic mass is 79.9. The summed E-state index contributed by atoms with van der Waals surface area (Å²) in [5.41, 5.74) is 6.80. The summed E-state index contributed by atoms with van der Waals surface area (Å²) in [6.45, 7) is 2.92. The molecule has 21 heavy (non-hydrogen) atoms. The van der Waals surface area contributed by atoms with Crippen molar-refractivity contribution < 1.29 is 9.47 Å². The van der Waals surface area contributed by atoms with Gasteiger partial charge >= 0.3 is 0 Å². The van der Waals surface area contributed by atoms with Crippen LogP contribution in [0.2, 0.25) is 0 Å². The maximum absolute atomic E-state index is 6.23.